The molecule has 0 aliphatic heterocycles. The predicted molar refractivity (Wildman–Crippen MR) is 69.6 cm³/mol. The molecule has 1 aromatic heterocycles. The zero-order valence-corrected chi connectivity index (χ0v) is 11.1. The molecule has 0 aliphatic rings. The van der Waals surface area contributed by atoms with Crippen LogP contribution in [0.25, 0.3) is 0 Å². The Kier molecular flexibility index (Phi) is 5.69. The molecule has 0 saturated carbocycles. The molecular weight excluding hydrogens is 216 g/mol. The van der Waals surface area contributed by atoms with E-state index < -0.39 is 0 Å². The minimum absolute atomic E-state index is 0.117. The van der Waals surface area contributed by atoms with E-state index >= 15 is 0 Å². The fourth-order valence-electron chi connectivity index (χ4n) is 1.36. The van der Waals surface area contributed by atoms with Crippen LogP contribution < -0.4 is 15.0 Å². The fourth-order valence-corrected chi connectivity index (χ4v) is 1.36. The average Bonchev–Trinajstić information content (AvgIpc) is 2.28. The molecular formula is C12H22N4O. The summed E-state index contributed by atoms with van der Waals surface area (Å²) in [6.45, 7) is 8.86. The van der Waals surface area contributed by atoms with Crippen molar-refractivity contribution in [3.05, 3.63) is 12.4 Å². The standard InChI is InChI=1S/C12H22N4O/c1-5-13-6-7-16(4)11-8-14-9-12(15-11)17-10(2)3/h8-10,13H,5-7H2,1-4H3. The molecule has 1 heterocycles. The molecule has 0 amide bonds. The first-order chi connectivity index (χ1) is 8.13. The van der Waals surface area contributed by atoms with Gasteiger partial charge in [-0.25, -0.2) is 0 Å². The molecule has 0 spiro atoms. The molecule has 96 valence electrons. The van der Waals surface area contributed by atoms with Gasteiger partial charge < -0.3 is 15.0 Å². The summed E-state index contributed by atoms with van der Waals surface area (Å²) < 4.78 is 5.51. The maximum absolute atomic E-state index is 5.51. The summed E-state index contributed by atoms with van der Waals surface area (Å²) in [5, 5.41) is 3.27. The van der Waals surface area contributed by atoms with Gasteiger partial charge in [0.25, 0.3) is 0 Å². The van der Waals surface area contributed by atoms with Crippen molar-refractivity contribution < 1.29 is 4.74 Å². The normalized spacial score (nSPS) is 10.6. The summed E-state index contributed by atoms with van der Waals surface area (Å²) in [6.07, 6.45) is 3.51. The molecule has 5 heteroatoms. The first kappa shape index (κ1) is 13.7. The quantitative estimate of drug-likeness (QED) is 0.726. The van der Waals surface area contributed by atoms with Crippen molar-refractivity contribution in [3.63, 3.8) is 0 Å². The van der Waals surface area contributed by atoms with Crippen molar-refractivity contribution in [2.45, 2.75) is 26.9 Å². The average molecular weight is 238 g/mol. The Morgan fingerprint density at radius 1 is 1.41 bits per heavy atom. The van der Waals surface area contributed by atoms with E-state index in [1.165, 1.54) is 0 Å². The first-order valence-electron chi connectivity index (χ1n) is 6.04. The smallest absolute Gasteiger partial charge is 0.234 e. The third-order valence-electron chi connectivity index (χ3n) is 2.22. The SMILES string of the molecule is CCNCCN(C)c1cncc(OC(C)C)n1. The maximum atomic E-state index is 5.51. The lowest BCUT2D eigenvalue weighted by Gasteiger charge is -2.18. The number of nitrogens with zero attached hydrogens (tertiary/aromatic N) is 3. The van der Waals surface area contributed by atoms with Crippen LogP contribution in [0, 0.1) is 0 Å². The fraction of sp³-hybridized carbons (Fsp3) is 0.667. The lowest BCUT2D eigenvalue weighted by atomic mass is 10.5. The van der Waals surface area contributed by atoms with Gasteiger partial charge in [-0.2, -0.15) is 4.98 Å². The lowest BCUT2D eigenvalue weighted by molar-refractivity contribution is 0.231. The number of hydrogen-bond donors (Lipinski definition) is 1. The Labute approximate surface area is 103 Å². The number of anilines is 1. The van der Waals surface area contributed by atoms with E-state index in [1.54, 1.807) is 12.4 Å². The van der Waals surface area contributed by atoms with Crippen molar-refractivity contribution in [2.24, 2.45) is 0 Å². The lowest BCUT2D eigenvalue weighted by Crippen LogP contribution is -2.29. The summed E-state index contributed by atoms with van der Waals surface area (Å²) in [6, 6.07) is 0. The van der Waals surface area contributed by atoms with Gasteiger partial charge in [0.2, 0.25) is 5.88 Å². The van der Waals surface area contributed by atoms with Crippen molar-refractivity contribution in [3.8, 4) is 5.88 Å². The topological polar surface area (TPSA) is 50.3 Å². The second-order valence-electron chi connectivity index (χ2n) is 4.16. The van der Waals surface area contributed by atoms with Crippen molar-refractivity contribution in [1.82, 2.24) is 15.3 Å². The Balaban J connectivity index is 2.57. The highest BCUT2D eigenvalue weighted by Gasteiger charge is 2.05. The van der Waals surface area contributed by atoms with Gasteiger partial charge in [0.05, 0.1) is 18.5 Å². The summed E-state index contributed by atoms with van der Waals surface area (Å²) >= 11 is 0. The van der Waals surface area contributed by atoms with Crippen molar-refractivity contribution >= 4 is 5.82 Å². The maximum Gasteiger partial charge on any atom is 0.234 e. The van der Waals surface area contributed by atoms with Crippen LogP contribution in [0.3, 0.4) is 0 Å². The van der Waals surface area contributed by atoms with Crippen LogP contribution in [0.1, 0.15) is 20.8 Å². The van der Waals surface area contributed by atoms with E-state index in [1.807, 2.05) is 20.9 Å². The predicted octanol–water partition coefficient (Wildman–Crippen LogP) is 1.31. The molecule has 1 aromatic rings. The zero-order valence-electron chi connectivity index (χ0n) is 11.1. The Bertz CT molecular complexity index is 330. The molecule has 1 rings (SSSR count). The van der Waals surface area contributed by atoms with Gasteiger partial charge in [-0.3, -0.25) is 4.98 Å². The number of aromatic nitrogens is 2. The van der Waals surface area contributed by atoms with Gasteiger partial charge in [-0.05, 0) is 20.4 Å². The van der Waals surface area contributed by atoms with Crippen LogP contribution in [0.2, 0.25) is 0 Å². The van der Waals surface area contributed by atoms with E-state index in [4.69, 9.17) is 4.74 Å². The van der Waals surface area contributed by atoms with Gasteiger partial charge in [-0.1, -0.05) is 6.92 Å². The van der Waals surface area contributed by atoms with E-state index in [9.17, 15) is 0 Å². The third-order valence-corrected chi connectivity index (χ3v) is 2.22. The highest BCUT2D eigenvalue weighted by atomic mass is 16.5. The molecule has 0 fully saturated rings. The molecule has 0 radical (unpaired) electrons. The highest BCUT2D eigenvalue weighted by molar-refractivity contribution is 5.36. The molecule has 0 saturated heterocycles. The van der Waals surface area contributed by atoms with Crippen molar-refractivity contribution in [2.75, 3.05) is 31.6 Å². The minimum atomic E-state index is 0.117. The first-order valence-corrected chi connectivity index (χ1v) is 6.04. The summed E-state index contributed by atoms with van der Waals surface area (Å²) in [7, 11) is 2.00. The number of rotatable bonds is 7. The molecule has 0 bridgehead atoms. The Morgan fingerprint density at radius 2 is 2.18 bits per heavy atom. The largest absolute Gasteiger partial charge is 0.474 e. The third kappa shape index (κ3) is 4.99. The van der Waals surface area contributed by atoms with Gasteiger partial charge in [0, 0.05) is 20.1 Å². The summed E-state index contributed by atoms with van der Waals surface area (Å²) in [5.74, 6) is 1.41. The Hall–Kier alpha value is -1.36. The molecule has 0 atom stereocenters. The zero-order chi connectivity index (χ0) is 12.7. The molecule has 0 aromatic carbocycles. The number of hydrogen-bond acceptors (Lipinski definition) is 5. The number of likely N-dealkylation sites (N-methyl/N-ethyl adjacent to an activating group) is 2. The molecule has 0 aliphatic carbocycles. The monoisotopic (exact) mass is 238 g/mol. The summed E-state index contributed by atoms with van der Waals surface area (Å²) in [5.41, 5.74) is 0. The molecule has 5 nitrogen and oxygen atoms in total. The second-order valence-corrected chi connectivity index (χ2v) is 4.16. The second kappa shape index (κ2) is 7.06. The van der Waals surface area contributed by atoms with Crippen LogP contribution in [-0.2, 0) is 0 Å². The van der Waals surface area contributed by atoms with Crippen LogP contribution >= 0.6 is 0 Å². The van der Waals surface area contributed by atoms with Crippen LogP contribution in [0.4, 0.5) is 5.82 Å². The molecule has 17 heavy (non-hydrogen) atoms. The van der Waals surface area contributed by atoms with Crippen LogP contribution in [0.15, 0.2) is 12.4 Å². The van der Waals surface area contributed by atoms with Crippen LogP contribution in [-0.4, -0.2) is 42.8 Å². The van der Waals surface area contributed by atoms with E-state index in [0.717, 1.165) is 25.5 Å². The summed E-state index contributed by atoms with van der Waals surface area (Å²) in [4.78, 5) is 10.6. The van der Waals surface area contributed by atoms with E-state index in [2.05, 4.69) is 27.1 Å². The minimum Gasteiger partial charge on any atom is -0.474 e. The molecule has 1 N–H and O–H groups in total. The van der Waals surface area contributed by atoms with Gasteiger partial charge in [0.15, 0.2) is 5.82 Å². The van der Waals surface area contributed by atoms with Crippen LogP contribution in [0.5, 0.6) is 5.88 Å². The van der Waals surface area contributed by atoms with E-state index in [0.29, 0.717) is 5.88 Å². The Morgan fingerprint density at radius 3 is 2.82 bits per heavy atom. The van der Waals surface area contributed by atoms with Gasteiger partial charge >= 0.3 is 0 Å². The van der Waals surface area contributed by atoms with Crippen molar-refractivity contribution in [1.29, 1.82) is 0 Å². The number of nitrogens with one attached hydrogen (secondary N) is 1. The van der Waals surface area contributed by atoms with Gasteiger partial charge in [-0.15, -0.1) is 0 Å². The molecule has 0 unspecified atom stereocenters. The highest BCUT2D eigenvalue weighted by Crippen LogP contribution is 2.13. The van der Waals surface area contributed by atoms with E-state index in [-0.39, 0.29) is 6.10 Å². The number of ether oxygens (including phenoxy) is 1. The van der Waals surface area contributed by atoms with Gasteiger partial charge in [0.1, 0.15) is 0 Å².